The van der Waals surface area contributed by atoms with Crippen molar-refractivity contribution in [3.05, 3.63) is 76.9 Å². The fourth-order valence-electron chi connectivity index (χ4n) is 2.09. The number of rotatable bonds is 3. The molecule has 0 radical (unpaired) electrons. The van der Waals surface area contributed by atoms with Gasteiger partial charge in [0.15, 0.2) is 0 Å². The lowest BCUT2D eigenvalue weighted by Crippen LogP contribution is -1.97. The average Bonchev–Trinajstić information content (AvgIpc) is 2.53. The van der Waals surface area contributed by atoms with Crippen LogP contribution in [0.3, 0.4) is 0 Å². The molecular formula is C20H20O2. The molecule has 112 valence electrons. The van der Waals surface area contributed by atoms with Gasteiger partial charge in [0.2, 0.25) is 0 Å². The second-order valence-electron chi connectivity index (χ2n) is 5.25. The summed E-state index contributed by atoms with van der Waals surface area (Å²) < 4.78 is 5.13. The molecule has 0 saturated carbocycles. The first-order valence-electron chi connectivity index (χ1n) is 7.18. The highest BCUT2D eigenvalue weighted by molar-refractivity contribution is 5.48. The molecular weight excluding hydrogens is 272 g/mol. The Morgan fingerprint density at radius 3 is 2.36 bits per heavy atom. The third kappa shape index (κ3) is 4.25. The molecule has 0 aliphatic rings. The quantitative estimate of drug-likeness (QED) is 0.682. The van der Waals surface area contributed by atoms with E-state index in [1.54, 1.807) is 7.11 Å². The standard InChI is InChI=1S/C20H20O2/c1-15(2)14-20(21)19-7-5-4-6-17(19)11-8-16-9-12-18(22-3)13-10-16/h4-7,9-10,12-14,20-21H,1-3H3. The van der Waals surface area contributed by atoms with Gasteiger partial charge in [-0.25, -0.2) is 0 Å². The SMILES string of the molecule is COc1ccc(C#Cc2ccccc2C(O)C=C(C)C)cc1. The van der Waals surface area contributed by atoms with E-state index < -0.39 is 6.10 Å². The monoisotopic (exact) mass is 292 g/mol. The Hall–Kier alpha value is -2.50. The van der Waals surface area contributed by atoms with Gasteiger partial charge in [-0.05, 0) is 49.7 Å². The lowest BCUT2D eigenvalue weighted by molar-refractivity contribution is 0.227. The van der Waals surface area contributed by atoms with E-state index in [9.17, 15) is 5.11 Å². The van der Waals surface area contributed by atoms with E-state index in [1.807, 2.05) is 68.5 Å². The van der Waals surface area contributed by atoms with Crippen molar-refractivity contribution in [2.45, 2.75) is 20.0 Å². The molecule has 0 heterocycles. The summed E-state index contributed by atoms with van der Waals surface area (Å²) in [6, 6.07) is 15.3. The second-order valence-corrected chi connectivity index (χ2v) is 5.25. The van der Waals surface area contributed by atoms with Crippen LogP contribution in [0.1, 0.15) is 36.6 Å². The minimum atomic E-state index is -0.633. The van der Waals surface area contributed by atoms with Crippen LogP contribution in [-0.2, 0) is 0 Å². The molecule has 0 aromatic heterocycles. The summed E-state index contributed by atoms with van der Waals surface area (Å²) in [7, 11) is 1.64. The maximum atomic E-state index is 10.3. The summed E-state index contributed by atoms with van der Waals surface area (Å²) >= 11 is 0. The predicted molar refractivity (Wildman–Crippen MR) is 89.8 cm³/mol. The van der Waals surface area contributed by atoms with Crippen molar-refractivity contribution in [2.24, 2.45) is 0 Å². The maximum Gasteiger partial charge on any atom is 0.118 e. The zero-order chi connectivity index (χ0) is 15.9. The van der Waals surface area contributed by atoms with E-state index in [0.29, 0.717) is 0 Å². The molecule has 2 aromatic carbocycles. The van der Waals surface area contributed by atoms with Gasteiger partial charge in [0.25, 0.3) is 0 Å². The molecule has 0 aliphatic carbocycles. The van der Waals surface area contributed by atoms with E-state index >= 15 is 0 Å². The van der Waals surface area contributed by atoms with Gasteiger partial charge >= 0.3 is 0 Å². The predicted octanol–water partition coefficient (Wildman–Crippen LogP) is 4.09. The summed E-state index contributed by atoms with van der Waals surface area (Å²) in [6.07, 6.45) is 1.19. The Balaban J connectivity index is 2.30. The van der Waals surface area contributed by atoms with Crippen LogP contribution < -0.4 is 4.74 Å². The fourth-order valence-corrected chi connectivity index (χ4v) is 2.09. The highest BCUT2D eigenvalue weighted by atomic mass is 16.5. The summed E-state index contributed by atoms with van der Waals surface area (Å²) in [5.74, 6) is 7.07. The molecule has 1 atom stereocenters. The fraction of sp³-hybridized carbons (Fsp3) is 0.200. The number of aliphatic hydroxyl groups excluding tert-OH is 1. The lowest BCUT2D eigenvalue weighted by atomic mass is 10.0. The zero-order valence-corrected chi connectivity index (χ0v) is 13.1. The molecule has 2 heteroatoms. The Bertz CT molecular complexity index is 711. The molecule has 1 N–H and O–H groups in total. The van der Waals surface area contributed by atoms with Gasteiger partial charge in [-0.3, -0.25) is 0 Å². The Labute approximate surface area is 132 Å². The molecule has 2 aromatic rings. The van der Waals surface area contributed by atoms with Crippen molar-refractivity contribution < 1.29 is 9.84 Å². The normalized spacial score (nSPS) is 11.1. The van der Waals surface area contributed by atoms with Crippen LogP contribution in [0.5, 0.6) is 5.75 Å². The first-order chi connectivity index (χ1) is 10.6. The minimum Gasteiger partial charge on any atom is -0.497 e. The van der Waals surface area contributed by atoms with Crippen molar-refractivity contribution in [3.8, 4) is 17.6 Å². The maximum absolute atomic E-state index is 10.3. The Morgan fingerprint density at radius 2 is 1.73 bits per heavy atom. The van der Waals surface area contributed by atoms with Crippen molar-refractivity contribution in [1.82, 2.24) is 0 Å². The van der Waals surface area contributed by atoms with Gasteiger partial charge in [-0.1, -0.05) is 41.7 Å². The first kappa shape index (κ1) is 15.9. The second kappa shape index (κ2) is 7.49. The summed E-state index contributed by atoms with van der Waals surface area (Å²) in [4.78, 5) is 0. The number of benzene rings is 2. The van der Waals surface area contributed by atoms with Crippen LogP contribution in [0.25, 0.3) is 0 Å². The van der Waals surface area contributed by atoms with E-state index in [2.05, 4.69) is 11.8 Å². The first-order valence-corrected chi connectivity index (χ1v) is 7.18. The van der Waals surface area contributed by atoms with E-state index in [4.69, 9.17) is 4.74 Å². The topological polar surface area (TPSA) is 29.5 Å². The molecule has 0 fully saturated rings. The number of methoxy groups -OCH3 is 1. The van der Waals surface area contributed by atoms with Gasteiger partial charge in [0.05, 0.1) is 13.2 Å². The van der Waals surface area contributed by atoms with E-state index in [1.165, 1.54) is 0 Å². The van der Waals surface area contributed by atoms with Crippen molar-refractivity contribution >= 4 is 0 Å². The molecule has 0 bridgehead atoms. The summed E-state index contributed by atoms with van der Waals surface area (Å²) in [6.45, 7) is 3.93. The van der Waals surface area contributed by atoms with Crippen LogP contribution >= 0.6 is 0 Å². The Morgan fingerprint density at radius 1 is 1.05 bits per heavy atom. The van der Waals surface area contributed by atoms with Gasteiger partial charge in [0.1, 0.15) is 5.75 Å². The summed E-state index contributed by atoms with van der Waals surface area (Å²) in [5.41, 5.74) is 3.64. The molecule has 0 saturated heterocycles. The van der Waals surface area contributed by atoms with Crippen molar-refractivity contribution in [1.29, 1.82) is 0 Å². The smallest absolute Gasteiger partial charge is 0.118 e. The minimum absolute atomic E-state index is 0.633. The highest BCUT2D eigenvalue weighted by Gasteiger charge is 2.07. The number of allylic oxidation sites excluding steroid dienone is 1. The summed E-state index contributed by atoms with van der Waals surface area (Å²) in [5, 5.41) is 10.3. The van der Waals surface area contributed by atoms with Crippen LogP contribution in [-0.4, -0.2) is 12.2 Å². The largest absolute Gasteiger partial charge is 0.497 e. The van der Waals surface area contributed by atoms with Crippen LogP contribution in [0.4, 0.5) is 0 Å². The van der Waals surface area contributed by atoms with Crippen molar-refractivity contribution in [3.63, 3.8) is 0 Å². The molecule has 0 spiro atoms. The molecule has 0 amide bonds. The zero-order valence-electron chi connectivity index (χ0n) is 13.1. The van der Waals surface area contributed by atoms with Gasteiger partial charge in [0, 0.05) is 11.1 Å². The number of hydrogen-bond donors (Lipinski definition) is 1. The molecule has 2 nitrogen and oxygen atoms in total. The average molecular weight is 292 g/mol. The number of ether oxygens (including phenoxy) is 1. The van der Waals surface area contributed by atoms with E-state index in [-0.39, 0.29) is 0 Å². The van der Waals surface area contributed by atoms with Crippen LogP contribution in [0, 0.1) is 11.8 Å². The third-order valence-electron chi connectivity index (χ3n) is 3.20. The van der Waals surface area contributed by atoms with Crippen LogP contribution in [0.2, 0.25) is 0 Å². The van der Waals surface area contributed by atoms with E-state index in [0.717, 1.165) is 28.0 Å². The lowest BCUT2D eigenvalue weighted by Gasteiger charge is -2.09. The highest BCUT2D eigenvalue weighted by Crippen LogP contribution is 2.20. The van der Waals surface area contributed by atoms with Crippen LogP contribution in [0.15, 0.2) is 60.2 Å². The number of aliphatic hydroxyl groups is 1. The Kier molecular flexibility index (Phi) is 5.41. The van der Waals surface area contributed by atoms with Gasteiger partial charge in [-0.15, -0.1) is 0 Å². The molecule has 0 aliphatic heterocycles. The van der Waals surface area contributed by atoms with Gasteiger partial charge < -0.3 is 9.84 Å². The van der Waals surface area contributed by atoms with Gasteiger partial charge in [-0.2, -0.15) is 0 Å². The van der Waals surface area contributed by atoms with Crippen molar-refractivity contribution in [2.75, 3.05) is 7.11 Å². The number of hydrogen-bond acceptors (Lipinski definition) is 2. The molecule has 2 rings (SSSR count). The third-order valence-corrected chi connectivity index (χ3v) is 3.20. The molecule has 1 unspecified atom stereocenters. The molecule has 22 heavy (non-hydrogen) atoms.